The molecule has 0 aliphatic carbocycles. The molecule has 0 unspecified atom stereocenters. The van der Waals surface area contributed by atoms with Crippen LogP contribution in [0, 0.1) is 0 Å². The fourth-order valence-electron chi connectivity index (χ4n) is 3.00. The van der Waals surface area contributed by atoms with E-state index in [1.165, 1.54) is 6.92 Å². The van der Waals surface area contributed by atoms with Gasteiger partial charge >= 0.3 is 0 Å². The van der Waals surface area contributed by atoms with Gasteiger partial charge in [0.1, 0.15) is 23.9 Å². The lowest BCUT2D eigenvalue weighted by Crippen LogP contribution is -2.21. The molecule has 0 aliphatic rings. The number of amides is 1. The van der Waals surface area contributed by atoms with Crippen LogP contribution < -0.4 is 14.8 Å². The Morgan fingerprint density at radius 1 is 1.11 bits per heavy atom. The van der Waals surface area contributed by atoms with Crippen LogP contribution in [-0.2, 0) is 17.8 Å². The van der Waals surface area contributed by atoms with Gasteiger partial charge in [0.25, 0.3) is 0 Å². The Morgan fingerprint density at radius 3 is 2.59 bits per heavy atom. The van der Waals surface area contributed by atoms with Crippen molar-refractivity contribution < 1.29 is 14.3 Å². The number of benzene rings is 2. The van der Waals surface area contributed by atoms with Crippen molar-refractivity contribution >= 4 is 16.9 Å². The van der Waals surface area contributed by atoms with Gasteiger partial charge in [-0.2, -0.15) is 0 Å². The van der Waals surface area contributed by atoms with Crippen LogP contribution in [0.25, 0.3) is 11.0 Å². The fraction of sp³-hybridized carbons (Fsp3) is 0.333. The molecule has 1 heterocycles. The Kier molecular flexibility index (Phi) is 6.30. The van der Waals surface area contributed by atoms with Crippen molar-refractivity contribution in [2.24, 2.45) is 0 Å². The van der Waals surface area contributed by atoms with Crippen LogP contribution in [0.2, 0.25) is 0 Å². The lowest BCUT2D eigenvalue weighted by Gasteiger charge is -2.11. The molecule has 1 N–H and O–H groups in total. The van der Waals surface area contributed by atoms with E-state index in [1.54, 1.807) is 7.11 Å². The van der Waals surface area contributed by atoms with Crippen molar-refractivity contribution in [1.82, 2.24) is 14.9 Å². The molecule has 0 radical (unpaired) electrons. The average Bonchev–Trinajstić information content (AvgIpc) is 3.03. The van der Waals surface area contributed by atoms with Gasteiger partial charge in [0.05, 0.1) is 24.7 Å². The van der Waals surface area contributed by atoms with Crippen LogP contribution in [0.4, 0.5) is 0 Å². The highest BCUT2D eigenvalue weighted by molar-refractivity contribution is 5.76. The summed E-state index contributed by atoms with van der Waals surface area (Å²) >= 11 is 0. The first-order valence-electron chi connectivity index (χ1n) is 9.13. The quantitative estimate of drug-likeness (QED) is 0.590. The van der Waals surface area contributed by atoms with E-state index in [1.807, 2.05) is 42.5 Å². The molecular weight excluding hydrogens is 342 g/mol. The maximum absolute atomic E-state index is 11.0. The first-order valence-corrected chi connectivity index (χ1v) is 9.13. The molecule has 27 heavy (non-hydrogen) atoms. The van der Waals surface area contributed by atoms with E-state index in [2.05, 4.69) is 16.0 Å². The van der Waals surface area contributed by atoms with E-state index in [9.17, 15) is 4.79 Å². The van der Waals surface area contributed by atoms with E-state index < -0.39 is 0 Å². The Hall–Kier alpha value is -3.02. The van der Waals surface area contributed by atoms with Crippen LogP contribution in [0.5, 0.6) is 11.5 Å². The van der Waals surface area contributed by atoms with Crippen LogP contribution >= 0.6 is 0 Å². The normalized spacial score (nSPS) is 10.7. The standard InChI is InChI=1S/C21H25N3O3/c1-16(25)22-13-5-8-21-23-19-6-3-4-7-20(19)24(21)14-15-27-18-11-9-17(26-2)10-12-18/h3-4,6-7,9-12H,5,8,13-15H2,1-2H3,(H,22,25). The van der Waals surface area contributed by atoms with Gasteiger partial charge in [-0.15, -0.1) is 0 Å². The highest BCUT2D eigenvalue weighted by Gasteiger charge is 2.10. The number of nitrogens with one attached hydrogen (secondary N) is 1. The van der Waals surface area contributed by atoms with Crippen LogP contribution in [0.3, 0.4) is 0 Å². The first kappa shape index (κ1) is 18.8. The van der Waals surface area contributed by atoms with E-state index in [-0.39, 0.29) is 5.91 Å². The van der Waals surface area contributed by atoms with Gasteiger partial charge in [0, 0.05) is 19.9 Å². The summed E-state index contributed by atoms with van der Waals surface area (Å²) < 4.78 is 13.2. The summed E-state index contributed by atoms with van der Waals surface area (Å²) in [6.07, 6.45) is 1.65. The monoisotopic (exact) mass is 367 g/mol. The van der Waals surface area contributed by atoms with Crippen LogP contribution in [-0.4, -0.2) is 35.7 Å². The molecule has 0 saturated carbocycles. The second kappa shape index (κ2) is 9.07. The molecule has 3 rings (SSSR count). The number of ether oxygens (including phenoxy) is 2. The molecule has 0 atom stereocenters. The van der Waals surface area contributed by atoms with E-state index in [4.69, 9.17) is 14.5 Å². The Labute approximate surface area is 159 Å². The van der Waals surface area contributed by atoms with Crippen molar-refractivity contribution in [3.8, 4) is 11.5 Å². The first-order chi connectivity index (χ1) is 13.2. The number of fused-ring (bicyclic) bond motifs is 1. The topological polar surface area (TPSA) is 65.4 Å². The average molecular weight is 367 g/mol. The number of nitrogens with zero attached hydrogens (tertiary/aromatic N) is 2. The summed E-state index contributed by atoms with van der Waals surface area (Å²) in [6.45, 7) is 3.44. The van der Waals surface area contributed by atoms with Gasteiger partial charge in [-0.3, -0.25) is 4.79 Å². The summed E-state index contributed by atoms with van der Waals surface area (Å²) in [4.78, 5) is 15.8. The second-order valence-corrected chi connectivity index (χ2v) is 6.28. The van der Waals surface area contributed by atoms with Gasteiger partial charge in [-0.05, 0) is 42.8 Å². The predicted molar refractivity (Wildman–Crippen MR) is 105 cm³/mol. The number of aryl methyl sites for hydroxylation is 1. The fourth-order valence-corrected chi connectivity index (χ4v) is 3.00. The number of hydrogen-bond acceptors (Lipinski definition) is 4. The molecule has 0 bridgehead atoms. The number of aromatic nitrogens is 2. The summed E-state index contributed by atoms with van der Waals surface area (Å²) in [5, 5.41) is 2.83. The largest absolute Gasteiger partial charge is 0.497 e. The molecule has 0 spiro atoms. The lowest BCUT2D eigenvalue weighted by molar-refractivity contribution is -0.118. The lowest BCUT2D eigenvalue weighted by atomic mass is 10.3. The van der Waals surface area contributed by atoms with E-state index in [0.29, 0.717) is 19.7 Å². The van der Waals surface area contributed by atoms with Crippen molar-refractivity contribution in [2.75, 3.05) is 20.3 Å². The number of carbonyl (C=O) groups is 1. The smallest absolute Gasteiger partial charge is 0.216 e. The third kappa shape index (κ3) is 5.00. The maximum atomic E-state index is 11.0. The van der Waals surface area contributed by atoms with Crippen molar-refractivity contribution in [3.05, 3.63) is 54.4 Å². The van der Waals surface area contributed by atoms with Gasteiger partial charge in [-0.25, -0.2) is 4.98 Å². The summed E-state index contributed by atoms with van der Waals surface area (Å²) in [5.74, 6) is 2.63. The Bertz CT molecular complexity index is 887. The molecule has 2 aromatic carbocycles. The zero-order chi connectivity index (χ0) is 19.1. The number of carbonyl (C=O) groups excluding carboxylic acids is 1. The Morgan fingerprint density at radius 2 is 1.85 bits per heavy atom. The van der Waals surface area contributed by atoms with Gasteiger partial charge in [-0.1, -0.05) is 12.1 Å². The van der Waals surface area contributed by atoms with Crippen molar-refractivity contribution in [1.29, 1.82) is 0 Å². The van der Waals surface area contributed by atoms with E-state index in [0.717, 1.165) is 41.2 Å². The molecule has 1 aromatic heterocycles. The Balaban J connectivity index is 1.65. The number of hydrogen-bond donors (Lipinski definition) is 1. The molecule has 0 aliphatic heterocycles. The van der Waals surface area contributed by atoms with Crippen molar-refractivity contribution in [2.45, 2.75) is 26.3 Å². The minimum Gasteiger partial charge on any atom is -0.497 e. The van der Waals surface area contributed by atoms with Crippen LogP contribution in [0.1, 0.15) is 19.2 Å². The van der Waals surface area contributed by atoms with Gasteiger partial charge in [0.15, 0.2) is 0 Å². The molecular formula is C21H25N3O3. The van der Waals surface area contributed by atoms with Crippen molar-refractivity contribution in [3.63, 3.8) is 0 Å². The third-order valence-corrected chi connectivity index (χ3v) is 4.33. The van der Waals surface area contributed by atoms with Gasteiger partial charge < -0.3 is 19.4 Å². The summed E-state index contributed by atoms with van der Waals surface area (Å²) in [6, 6.07) is 15.7. The summed E-state index contributed by atoms with van der Waals surface area (Å²) in [5.41, 5.74) is 2.09. The minimum atomic E-state index is -0.00334. The molecule has 0 fully saturated rings. The predicted octanol–water partition coefficient (Wildman–Crippen LogP) is 3.19. The second-order valence-electron chi connectivity index (χ2n) is 6.28. The highest BCUT2D eigenvalue weighted by Crippen LogP contribution is 2.19. The van der Waals surface area contributed by atoms with Crippen LogP contribution in [0.15, 0.2) is 48.5 Å². The summed E-state index contributed by atoms with van der Waals surface area (Å²) in [7, 11) is 1.65. The minimum absolute atomic E-state index is 0.00334. The molecule has 142 valence electrons. The molecule has 0 saturated heterocycles. The van der Waals surface area contributed by atoms with Gasteiger partial charge in [0.2, 0.25) is 5.91 Å². The molecule has 1 amide bonds. The zero-order valence-corrected chi connectivity index (χ0v) is 15.8. The SMILES string of the molecule is COc1ccc(OCCn2c(CCCNC(C)=O)nc3ccccc32)cc1. The number of imidazole rings is 1. The number of methoxy groups -OCH3 is 1. The molecule has 6 nitrogen and oxygen atoms in total. The molecule has 6 heteroatoms. The third-order valence-electron chi connectivity index (χ3n) is 4.33. The molecule has 3 aromatic rings. The number of rotatable bonds is 9. The number of para-hydroxylation sites is 2. The highest BCUT2D eigenvalue weighted by atomic mass is 16.5. The van der Waals surface area contributed by atoms with E-state index >= 15 is 0 Å². The maximum Gasteiger partial charge on any atom is 0.216 e. The zero-order valence-electron chi connectivity index (χ0n) is 15.8.